The van der Waals surface area contributed by atoms with Crippen LogP contribution in [0, 0.1) is 0 Å². The summed E-state index contributed by atoms with van der Waals surface area (Å²) >= 11 is 0. The van der Waals surface area contributed by atoms with Crippen molar-refractivity contribution in [2.24, 2.45) is 0 Å². The summed E-state index contributed by atoms with van der Waals surface area (Å²) in [5.74, 6) is 1.08. The predicted molar refractivity (Wildman–Crippen MR) is 131 cm³/mol. The van der Waals surface area contributed by atoms with Crippen LogP contribution in [-0.2, 0) is 16.4 Å². The van der Waals surface area contributed by atoms with Crippen LogP contribution in [0.1, 0.15) is 15.9 Å². The molecular formula is C26H26N2O5S. The van der Waals surface area contributed by atoms with E-state index in [9.17, 15) is 13.2 Å². The summed E-state index contributed by atoms with van der Waals surface area (Å²) in [6.45, 7) is 5.23. The maximum absolute atomic E-state index is 13.3. The SMILES string of the molecule is C=CCN(c1ccccc1)S(=O)(=O)c1cccc(C(=O)NCCc2ccc3c(c2)OCCO3)c1. The van der Waals surface area contributed by atoms with Crippen LogP contribution in [0.2, 0.25) is 0 Å². The Morgan fingerprint density at radius 2 is 1.74 bits per heavy atom. The van der Waals surface area contributed by atoms with E-state index < -0.39 is 10.0 Å². The van der Waals surface area contributed by atoms with E-state index in [1.54, 1.807) is 36.4 Å². The summed E-state index contributed by atoms with van der Waals surface area (Å²) in [5.41, 5.74) is 1.80. The molecule has 1 amide bonds. The molecule has 176 valence electrons. The minimum atomic E-state index is -3.89. The third kappa shape index (κ3) is 5.23. The van der Waals surface area contributed by atoms with Gasteiger partial charge in [0.25, 0.3) is 15.9 Å². The second-order valence-electron chi connectivity index (χ2n) is 7.67. The van der Waals surface area contributed by atoms with Gasteiger partial charge in [-0.25, -0.2) is 8.42 Å². The molecule has 8 heteroatoms. The third-order valence-corrected chi connectivity index (χ3v) is 7.12. The van der Waals surface area contributed by atoms with E-state index in [0.717, 1.165) is 11.3 Å². The van der Waals surface area contributed by atoms with Crippen LogP contribution in [0.5, 0.6) is 11.5 Å². The van der Waals surface area contributed by atoms with E-state index in [1.165, 1.54) is 22.5 Å². The number of rotatable bonds is 9. The number of amides is 1. The molecule has 3 aromatic carbocycles. The van der Waals surface area contributed by atoms with E-state index in [2.05, 4.69) is 11.9 Å². The zero-order valence-corrected chi connectivity index (χ0v) is 19.5. The number of fused-ring (bicyclic) bond motifs is 1. The van der Waals surface area contributed by atoms with Crippen molar-refractivity contribution in [1.29, 1.82) is 0 Å². The minimum absolute atomic E-state index is 0.0395. The van der Waals surface area contributed by atoms with Crippen LogP contribution in [0.4, 0.5) is 5.69 Å². The molecule has 1 heterocycles. The van der Waals surface area contributed by atoms with Crippen molar-refractivity contribution in [3.63, 3.8) is 0 Å². The van der Waals surface area contributed by atoms with Gasteiger partial charge in [-0.15, -0.1) is 6.58 Å². The molecule has 0 bridgehead atoms. The molecule has 0 aliphatic carbocycles. The van der Waals surface area contributed by atoms with E-state index in [-0.39, 0.29) is 22.9 Å². The lowest BCUT2D eigenvalue weighted by molar-refractivity contribution is 0.0954. The average Bonchev–Trinajstić information content (AvgIpc) is 2.87. The molecule has 0 fully saturated rings. The van der Waals surface area contributed by atoms with Crippen LogP contribution in [0.3, 0.4) is 0 Å². The van der Waals surface area contributed by atoms with Crippen LogP contribution < -0.4 is 19.1 Å². The van der Waals surface area contributed by atoms with Gasteiger partial charge in [-0.2, -0.15) is 0 Å². The molecule has 1 aliphatic heterocycles. The van der Waals surface area contributed by atoms with Gasteiger partial charge in [0.2, 0.25) is 0 Å². The molecule has 0 saturated carbocycles. The molecule has 0 unspecified atom stereocenters. The van der Waals surface area contributed by atoms with Crippen molar-refractivity contribution in [3.8, 4) is 11.5 Å². The number of ether oxygens (including phenoxy) is 2. The topological polar surface area (TPSA) is 84.9 Å². The molecule has 7 nitrogen and oxygen atoms in total. The highest BCUT2D eigenvalue weighted by molar-refractivity contribution is 7.92. The summed E-state index contributed by atoms with van der Waals surface area (Å²) in [6, 6.07) is 20.5. The quantitative estimate of drug-likeness (QED) is 0.473. The molecule has 0 aromatic heterocycles. The summed E-state index contributed by atoms with van der Waals surface area (Å²) in [5, 5.41) is 2.86. The van der Waals surface area contributed by atoms with Crippen LogP contribution in [0.15, 0.2) is 90.3 Å². The van der Waals surface area contributed by atoms with Gasteiger partial charge in [0.15, 0.2) is 11.5 Å². The second-order valence-corrected chi connectivity index (χ2v) is 9.53. The second kappa shape index (κ2) is 10.4. The van der Waals surface area contributed by atoms with Crippen LogP contribution in [-0.4, -0.2) is 40.6 Å². The Balaban J connectivity index is 1.45. The van der Waals surface area contributed by atoms with E-state index in [4.69, 9.17) is 9.47 Å². The van der Waals surface area contributed by atoms with Crippen molar-refractivity contribution >= 4 is 21.6 Å². The van der Waals surface area contributed by atoms with Crippen molar-refractivity contribution in [2.75, 3.05) is 30.6 Å². The summed E-state index contributed by atoms with van der Waals surface area (Å²) < 4.78 is 39.1. The number of hydrogen-bond donors (Lipinski definition) is 1. The standard InChI is InChI=1S/C26H26N2O5S/c1-2-15-28(22-8-4-3-5-9-22)34(30,31)23-10-6-7-21(19-23)26(29)27-14-13-20-11-12-24-25(18-20)33-17-16-32-24/h2-12,18-19H,1,13-17H2,(H,27,29). The summed E-state index contributed by atoms with van der Waals surface area (Å²) in [7, 11) is -3.89. The smallest absolute Gasteiger partial charge is 0.264 e. The largest absolute Gasteiger partial charge is 0.486 e. The first-order valence-electron chi connectivity index (χ1n) is 10.9. The Morgan fingerprint density at radius 3 is 2.50 bits per heavy atom. The normalized spacial score (nSPS) is 12.6. The Hall–Kier alpha value is -3.78. The Kier molecular flexibility index (Phi) is 7.18. The van der Waals surface area contributed by atoms with Gasteiger partial charge in [0.05, 0.1) is 17.1 Å². The lowest BCUT2D eigenvalue weighted by Crippen LogP contribution is -2.31. The Morgan fingerprint density at radius 1 is 0.971 bits per heavy atom. The fourth-order valence-corrected chi connectivity index (χ4v) is 5.13. The molecule has 0 saturated heterocycles. The highest BCUT2D eigenvalue weighted by Gasteiger charge is 2.25. The van der Waals surface area contributed by atoms with E-state index in [0.29, 0.717) is 37.6 Å². The van der Waals surface area contributed by atoms with Crippen molar-refractivity contribution in [3.05, 3.63) is 96.6 Å². The fraction of sp³-hybridized carbons (Fsp3) is 0.192. The van der Waals surface area contributed by atoms with E-state index in [1.807, 2.05) is 24.3 Å². The van der Waals surface area contributed by atoms with Crippen LogP contribution >= 0.6 is 0 Å². The molecule has 34 heavy (non-hydrogen) atoms. The zero-order valence-electron chi connectivity index (χ0n) is 18.6. The summed E-state index contributed by atoms with van der Waals surface area (Å²) in [6.07, 6.45) is 2.13. The lowest BCUT2D eigenvalue weighted by Gasteiger charge is -2.23. The van der Waals surface area contributed by atoms with Gasteiger partial charge >= 0.3 is 0 Å². The molecular weight excluding hydrogens is 452 g/mol. The highest BCUT2D eigenvalue weighted by Crippen LogP contribution is 2.30. The number of nitrogens with one attached hydrogen (secondary N) is 1. The number of carbonyl (C=O) groups is 1. The Bertz CT molecular complexity index is 1280. The number of hydrogen-bond acceptors (Lipinski definition) is 5. The van der Waals surface area contributed by atoms with Gasteiger partial charge in [0, 0.05) is 12.1 Å². The molecule has 4 rings (SSSR count). The molecule has 1 N–H and O–H groups in total. The third-order valence-electron chi connectivity index (χ3n) is 5.33. The number of sulfonamides is 1. The van der Waals surface area contributed by atoms with Gasteiger partial charge in [0.1, 0.15) is 13.2 Å². The highest BCUT2D eigenvalue weighted by atomic mass is 32.2. The van der Waals surface area contributed by atoms with Gasteiger partial charge in [-0.3, -0.25) is 9.10 Å². The molecule has 3 aromatic rings. The molecule has 0 radical (unpaired) electrons. The fourth-order valence-electron chi connectivity index (χ4n) is 3.64. The van der Waals surface area contributed by atoms with E-state index >= 15 is 0 Å². The first-order valence-corrected chi connectivity index (χ1v) is 12.4. The predicted octanol–water partition coefficient (Wildman–Crippen LogP) is 3.81. The minimum Gasteiger partial charge on any atom is -0.486 e. The van der Waals surface area contributed by atoms with Gasteiger partial charge in [-0.1, -0.05) is 36.4 Å². The first kappa shape index (κ1) is 23.4. The molecule has 0 spiro atoms. The average molecular weight is 479 g/mol. The van der Waals surface area contributed by atoms with Crippen molar-refractivity contribution < 1.29 is 22.7 Å². The monoisotopic (exact) mass is 478 g/mol. The van der Waals surface area contributed by atoms with Crippen molar-refractivity contribution in [2.45, 2.75) is 11.3 Å². The number of para-hydroxylation sites is 1. The number of nitrogens with zero attached hydrogens (tertiary/aromatic N) is 1. The molecule has 1 aliphatic rings. The Labute approximate surface area is 199 Å². The van der Waals surface area contributed by atoms with Crippen molar-refractivity contribution in [1.82, 2.24) is 5.32 Å². The first-order chi connectivity index (χ1) is 16.5. The maximum Gasteiger partial charge on any atom is 0.264 e. The lowest BCUT2D eigenvalue weighted by atomic mass is 10.1. The van der Waals surface area contributed by atoms with Crippen LogP contribution in [0.25, 0.3) is 0 Å². The molecule has 0 atom stereocenters. The van der Waals surface area contributed by atoms with Gasteiger partial charge in [-0.05, 0) is 54.4 Å². The zero-order chi connectivity index (χ0) is 24.0. The maximum atomic E-state index is 13.3. The number of benzene rings is 3. The number of anilines is 1. The summed E-state index contributed by atoms with van der Waals surface area (Å²) in [4.78, 5) is 12.8. The van der Waals surface area contributed by atoms with Gasteiger partial charge < -0.3 is 14.8 Å². The number of carbonyl (C=O) groups excluding carboxylic acids is 1.